The molecule has 1 aliphatic rings. The van der Waals surface area contributed by atoms with E-state index in [1.807, 2.05) is 5.06 Å². The molecule has 0 aliphatic carbocycles. The Balaban J connectivity index is 2.46. The molecule has 1 N–H and O–H groups in total. The normalized spacial score (nSPS) is 20.0. The molecule has 4 nitrogen and oxygen atoms in total. The van der Waals surface area contributed by atoms with Gasteiger partial charge in [0, 0.05) is 6.42 Å². The van der Waals surface area contributed by atoms with Crippen molar-refractivity contribution in [2.45, 2.75) is 102 Å². The number of carbonyl (C=O) groups is 1. The summed E-state index contributed by atoms with van der Waals surface area (Å²) < 4.78 is 0. The lowest BCUT2D eigenvalue weighted by molar-refractivity contribution is -0.265. The summed E-state index contributed by atoms with van der Waals surface area (Å²) in [6, 6.07) is 0. The van der Waals surface area contributed by atoms with Gasteiger partial charge in [-0.05, 0) is 79.1 Å². The molecule has 0 atom stereocenters. The van der Waals surface area contributed by atoms with Crippen LogP contribution in [0.5, 0.6) is 0 Å². The Labute approximate surface area is 153 Å². The highest BCUT2D eigenvalue weighted by atomic mass is 16.7. The Morgan fingerprint density at radius 2 is 1.64 bits per heavy atom. The first-order valence-corrected chi connectivity index (χ1v) is 9.52. The van der Waals surface area contributed by atoms with E-state index in [-0.39, 0.29) is 17.0 Å². The molecule has 0 aromatic carbocycles. The topological polar surface area (TPSA) is 49.8 Å². The molecule has 1 saturated heterocycles. The Morgan fingerprint density at radius 1 is 1.12 bits per heavy atom. The minimum absolute atomic E-state index is 0.133. The van der Waals surface area contributed by atoms with Crippen LogP contribution in [0.4, 0.5) is 0 Å². The molecule has 0 bridgehead atoms. The van der Waals surface area contributed by atoms with E-state index in [2.05, 4.69) is 40.9 Å². The van der Waals surface area contributed by atoms with Gasteiger partial charge in [-0.1, -0.05) is 12.2 Å². The van der Waals surface area contributed by atoms with E-state index in [1.54, 1.807) is 12.2 Å². The predicted molar refractivity (Wildman–Crippen MR) is 103 cm³/mol. The molecule has 1 heterocycles. The molecule has 1 aliphatic heterocycles. The smallest absolute Gasteiger partial charge is 0.325 e. The van der Waals surface area contributed by atoms with E-state index in [9.17, 15) is 9.90 Å². The fraction of sp³-hybridized carbons (Fsp3) is 0.762. The van der Waals surface area contributed by atoms with Crippen LogP contribution in [0.25, 0.3) is 0 Å². The van der Waals surface area contributed by atoms with Gasteiger partial charge >= 0.3 is 5.97 Å². The predicted octanol–water partition coefficient (Wildman–Crippen LogP) is 4.93. The van der Waals surface area contributed by atoms with Gasteiger partial charge in [-0.3, -0.25) is 4.79 Å². The second-order valence-corrected chi connectivity index (χ2v) is 8.65. The molecular weight excluding hydrogens is 314 g/mol. The lowest BCUT2D eigenvalue weighted by atomic mass is 9.82. The monoisotopic (exact) mass is 351 g/mol. The number of unbranched alkanes of at least 4 members (excludes halogenated alkanes) is 1. The molecule has 0 amide bonds. The molecule has 0 saturated carbocycles. The van der Waals surface area contributed by atoms with Crippen LogP contribution in [0.3, 0.4) is 0 Å². The molecule has 25 heavy (non-hydrogen) atoms. The minimum Gasteiger partial charge on any atom is -0.389 e. The van der Waals surface area contributed by atoms with Gasteiger partial charge in [0.1, 0.15) is 0 Å². The first kappa shape index (κ1) is 21.9. The zero-order valence-corrected chi connectivity index (χ0v) is 16.6. The van der Waals surface area contributed by atoms with Gasteiger partial charge in [0.25, 0.3) is 0 Å². The molecule has 0 spiro atoms. The Morgan fingerprint density at radius 3 is 2.12 bits per heavy atom. The number of nitrogens with zero attached hydrogens (tertiary/aromatic N) is 1. The van der Waals surface area contributed by atoms with Crippen molar-refractivity contribution in [1.29, 1.82) is 0 Å². The number of hydrogen-bond donors (Lipinski definition) is 1. The van der Waals surface area contributed by atoms with Crippen molar-refractivity contribution < 1.29 is 14.7 Å². The number of rotatable bonds is 10. The van der Waals surface area contributed by atoms with Gasteiger partial charge in [-0.2, -0.15) is 0 Å². The molecule has 144 valence electrons. The van der Waals surface area contributed by atoms with Crippen molar-refractivity contribution >= 4 is 5.97 Å². The van der Waals surface area contributed by atoms with Crippen LogP contribution in [0.15, 0.2) is 25.3 Å². The zero-order chi connectivity index (χ0) is 19.1. The van der Waals surface area contributed by atoms with Crippen LogP contribution in [-0.2, 0) is 9.63 Å². The lowest BCUT2D eigenvalue weighted by Crippen LogP contribution is -2.58. The minimum atomic E-state index is -0.787. The molecule has 0 unspecified atom stereocenters. The zero-order valence-electron chi connectivity index (χ0n) is 16.6. The van der Waals surface area contributed by atoms with Gasteiger partial charge in [0.05, 0.1) is 16.7 Å². The molecule has 0 radical (unpaired) electrons. The summed E-state index contributed by atoms with van der Waals surface area (Å²) >= 11 is 0. The highest BCUT2D eigenvalue weighted by Gasteiger charge is 2.44. The summed E-state index contributed by atoms with van der Waals surface area (Å²) in [4.78, 5) is 18.1. The van der Waals surface area contributed by atoms with Crippen LogP contribution in [-0.4, -0.2) is 32.8 Å². The SMILES string of the molecule is C=CCC(O)(CC=C)CCCCC(=O)ON1C(C)(C)CCCC1(C)C. The first-order chi connectivity index (χ1) is 11.6. The van der Waals surface area contributed by atoms with E-state index >= 15 is 0 Å². The van der Waals surface area contributed by atoms with Gasteiger partial charge in [-0.15, -0.1) is 18.2 Å². The van der Waals surface area contributed by atoms with E-state index < -0.39 is 5.60 Å². The largest absolute Gasteiger partial charge is 0.389 e. The second-order valence-electron chi connectivity index (χ2n) is 8.65. The molecule has 1 fully saturated rings. The average molecular weight is 352 g/mol. The highest BCUT2D eigenvalue weighted by molar-refractivity contribution is 5.69. The number of carbonyl (C=O) groups excluding carboxylic acids is 1. The Bertz CT molecular complexity index is 442. The van der Waals surface area contributed by atoms with Gasteiger partial charge < -0.3 is 9.94 Å². The van der Waals surface area contributed by atoms with Crippen LogP contribution in [0.2, 0.25) is 0 Å². The summed E-state index contributed by atoms with van der Waals surface area (Å²) in [6.45, 7) is 15.9. The van der Waals surface area contributed by atoms with E-state index in [0.717, 1.165) is 25.7 Å². The van der Waals surface area contributed by atoms with Gasteiger partial charge in [-0.25, -0.2) is 0 Å². The van der Waals surface area contributed by atoms with Crippen molar-refractivity contribution in [2.75, 3.05) is 0 Å². The summed E-state index contributed by atoms with van der Waals surface area (Å²) in [7, 11) is 0. The number of hydroxylamine groups is 2. The standard InChI is InChI=1S/C21H37NO3/c1-7-13-21(24,14-8-2)17-10-9-12-18(23)25-22-19(3,4)15-11-16-20(22,5)6/h7-8,24H,1-2,9-17H2,3-6H3. The fourth-order valence-electron chi connectivity index (χ4n) is 3.92. The molecule has 0 aromatic rings. The van der Waals surface area contributed by atoms with Crippen molar-refractivity contribution in [3.05, 3.63) is 25.3 Å². The summed E-state index contributed by atoms with van der Waals surface area (Å²) in [5.74, 6) is -0.181. The average Bonchev–Trinajstić information content (AvgIpc) is 2.48. The third-order valence-corrected chi connectivity index (χ3v) is 5.19. The molecule has 0 aromatic heterocycles. The number of aliphatic hydroxyl groups is 1. The van der Waals surface area contributed by atoms with E-state index in [0.29, 0.717) is 32.1 Å². The van der Waals surface area contributed by atoms with E-state index in [1.165, 1.54) is 0 Å². The second kappa shape index (κ2) is 9.00. The Kier molecular flexibility index (Phi) is 7.88. The first-order valence-electron chi connectivity index (χ1n) is 9.52. The fourth-order valence-corrected chi connectivity index (χ4v) is 3.92. The third-order valence-electron chi connectivity index (χ3n) is 5.19. The van der Waals surface area contributed by atoms with Crippen molar-refractivity contribution in [1.82, 2.24) is 5.06 Å². The summed E-state index contributed by atoms with van der Waals surface area (Å²) in [5.41, 5.74) is -1.05. The van der Waals surface area contributed by atoms with Gasteiger partial charge in [0.15, 0.2) is 0 Å². The van der Waals surface area contributed by atoms with Gasteiger partial charge in [0.2, 0.25) is 0 Å². The third kappa shape index (κ3) is 6.59. The molecule has 1 rings (SSSR count). The summed E-state index contributed by atoms with van der Waals surface area (Å²) in [6.07, 6.45) is 10.3. The quantitative estimate of drug-likeness (QED) is 0.448. The highest BCUT2D eigenvalue weighted by Crippen LogP contribution is 2.38. The maximum Gasteiger partial charge on any atom is 0.325 e. The van der Waals surface area contributed by atoms with E-state index in [4.69, 9.17) is 4.84 Å². The van der Waals surface area contributed by atoms with Crippen molar-refractivity contribution in [2.24, 2.45) is 0 Å². The number of hydrogen-bond acceptors (Lipinski definition) is 4. The van der Waals surface area contributed by atoms with Crippen LogP contribution in [0.1, 0.15) is 85.5 Å². The van der Waals surface area contributed by atoms with Crippen molar-refractivity contribution in [3.8, 4) is 0 Å². The lowest BCUT2D eigenvalue weighted by Gasteiger charge is -2.50. The summed E-state index contributed by atoms with van der Waals surface area (Å²) in [5, 5.41) is 12.4. The van der Waals surface area contributed by atoms with Crippen LogP contribution in [0, 0.1) is 0 Å². The Hall–Kier alpha value is -1.13. The van der Waals surface area contributed by atoms with Crippen LogP contribution < -0.4 is 0 Å². The van der Waals surface area contributed by atoms with Crippen LogP contribution >= 0.6 is 0 Å². The maximum atomic E-state index is 12.3. The molecular formula is C21H37NO3. The maximum absolute atomic E-state index is 12.3. The molecule has 4 heteroatoms. The van der Waals surface area contributed by atoms with Crippen molar-refractivity contribution in [3.63, 3.8) is 0 Å². The number of piperidine rings is 1.